The minimum Gasteiger partial charge on any atom is -0.508 e. The molecule has 2 N–H and O–H groups in total. The van der Waals surface area contributed by atoms with Gasteiger partial charge in [-0.05, 0) is 29.7 Å². The van der Waals surface area contributed by atoms with Gasteiger partial charge in [-0.15, -0.1) is 11.8 Å². The number of phenolic OH excluding ortho intramolecular Hbond substituents is 1. The quantitative estimate of drug-likeness (QED) is 0.797. The van der Waals surface area contributed by atoms with Crippen LogP contribution in [0, 0.1) is 5.41 Å². The lowest BCUT2D eigenvalue weighted by atomic mass is 9.92. The molecule has 0 saturated carbocycles. The lowest BCUT2D eigenvalue weighted by Gasteiger charge is -2.26. The first-order valence-electron chi connectivity index (χ1n) is 4.99. The van der Waals surface area contributed by atoms with E-state index in [1.165, 1.54) is 11.8 Å². The maximum Gasteiger partial charge on any atom is 0.317 e. The second-order valence-electron chi connectivity index (χ2n) is 4.70. The van der Waals surface area contributed by atoms with Crippen molar-refractivity contribution in [3.05, 3.63) is 24.3 Å². The topological polar surface area (TPSA) is 57.5 Å². The molecule has 0 aliphatic rings. The van der Waals surface area contributed by atoms with Crippen LogP contribution in [0.15, 0.2) is 29.2 Å². The summed E-state index contributed by atoms with van der Waals surface area (Å²) < 4.78 is 0. The van der Waals surface area contributed by atoms with Crippen LogP contribution < -0.4 is 0 Å². The summed E-state index contributed by atoms with van der Waals surface area (Å²) in [7, 11) is 0. The Bertz CT molecular complexity index is 365. The van der Waals surface area contributed by atoms with Crippen molar-refractivity contribution in [1.29, 1.82) is 0 Å². The third-order valence-corrected chi connectivity index (χ3v) is 3.79. The van der Waals surface area contributed by atoms with Gasteiger partial charge in [-0.2, -0.15) is 0 Å². The predicted molar refractivity (Wildman–Crippen MR) is 64.8 cm³/mol. The monoisotopic (exact) mass is 240 g/mol. The van der Waals surface area contributed by atoms with E-state index in [0.29, 0.717) is 0 Å². The molecule has 0 aliphatic heterocycles. The van der Waals surface area contributed by atoms with E-state index in [4.69, 9.17) is 10.2 Å². The van der Waals surface area contributed by atoms with Crippen molar-refractivity contribution in [3.8, 4) is 5.75 Å². The molecule has 0 saturated heterocycles. The largest absolute Gasteiger partial charge is 0.508 e. The van der Waals surface area contributed by atoms with E-state index in [-0.39, 0.29) is 11.2 Å². The zero-order valence-corrected chi connectivity index (χ0v) is 10.4. The van der Waals surface area contributed by atoms with Crippen LogP contribution in [0.3, 0.4) is 0 Å². The highest BCUT2D eigenvalue weighted by Gasteiger charge is 2.32. The van der Waals surface area contributed by atoms with Gasteiger partial charge in [-0.25, -0.2) is 0 Å². The number of carbonyl (C=O) groups is 1. The van der Waals surface area contributed by atoms with Crippen molar-refractivity contribution >= 4 is 17.7 Å². The van der Waals surface area contributed by atoms with Gasteiger partial charge < -0.3 is 10.2 Å². The number of aliphatic carboxylic acids is 1. The molecule has 16 heavy (non-hydrogen) atoms. The third kappa shape index (κ3) is 3.45. The first kappa shape index (κ1) is 12.9. The van der Waals surface area contributed by atoms with E-state index in [1.54, 1.807) is 24.3 Å². The van der Waals surface area contributed by atoms with E-state index in [1.807, 2.05) is 20.8 Å². The molecule has 0 spiro atoms. The lowest BCUT2D eigenvalue weighted by molar-refractivity contribution is -0.138. The Labute approximate surface area is 99.5 Å². The summed E-state index contributed by atoms with van der Waals surface area (Å²) in [6.07, 6.45) is 0. The molecule has 0 fully saturated rings. The average Bonchev–Trinajstić information content (AvgIpc) is 2.14. The highest BCUT2D eigenvalue weighted by Crippen LogP contribution is 2.35. The van der Waals surface area contributed by atoms with Gasteiger partial charge in [0.25, 0.3) is 0 Å². The number of hydrogen-bond donors (Lipinski definition) is 2. The van der Waals surface area contributed by atoms with Crippen molar-refractivity contribution in [2.24, 2.45) is 5.41 Å². The molecule has 0 radical (unpaired) electrons. The second kappa shape index (κ2) is 4.78. The molecule has 0 aliphatic carbocycles. The Balaban J connectivity index is 2.84. The Morgan fingerprint density at radius 3 is 2.12 bits per heavy atom. The number of phenols is 1. The van der Waals surface area contributed by atoms with Crippen LogP contribution in [0.1, 0.15) is 20.8 Å². The Morgan fingerprint density at radius 2 is 1.75 bits per heavy atom. The fourth-order valence-electron chi connectivity index (χ4n) is 1.26. The van der Waals surface area contributed by atoms with Gasteiger partial charge in [0.05, 0.1) is 0 Å². The van der Waals surface area contributed by atoms with Crippen LogP contribution in [-0.4, -0.2) is 21.4 Å². The molecule has 1 atom stereocenters. The molecule has 1 aromatic rings. The molecule has 0 aromatic heterocycles. The zero-order valence-electron chi connectivity index (χ0n) is 9.60. The maximum absolute atomic E-state index is 11.1. The van der Waals surface area contributed by atoms with Gasteiger partial charge in [0.1, 0.15) is 11.0 Å². The summed E-state index contributed by atoms with van der Waals surface area (Å²) >= 11 is 1.30. The number of thioether (sulfide) groups is 1. The molecular weight excluding hydrogens is 224 g/mol. The van der Waals surface area contributed by atoms with Crippen LogP contribution in [-0.2, 0) is 4.79 Å². The molecular formula is C12H16O3S. The minimum atomic E-state index is -0.814. The number of benzene rings is 1. The number of carboxylic acid groups (broad SMARTS) is 1. The van der Waals surface area contributed by atoms with Crippen molar-refractivity contribution in [2.45, 2.75) is 30.9 Å². The summed E-state index contributed by atoms with van der Waals surface area (Å²) in [5.74, 6) is -0.627. The van der Waals surface area contributed by atoms with Gasteiger partial charge in [-0.1, -0.05) is 20.8 Å². The number of hydrogen-bond acceptors (Lipinski definition) is 3. The number of carboxylic acids is 1. The fraction of sp³-hybridized carbons (Fsp3) is 0.417. The SMILES string of the molecule is CC(C)(C)C(Sc1ccc(O)cc1)C(=O)O. The van der Waals surface area contributed by atoms with Crippen molar-refractivity contribution in [2.75, 3.05) is 0 Å². The van der Waals surface area contributed by atoms with E-state index in [0.717, 1.165) is 4.90 Å². The van der Waals surface area contributed by atoms with Gasteiger partial charge in [0.2, 0.25) is 0 Å². The van der Waals surface area contributed by atoms with Crippen LogP contribution in [0.4, 0.5) is 0 Å². The first-order valence-corrected chi connectivity index (χ1v) is 5.87. The number of aromatic hydroxyl groups is 1. The second-order valence-corrected chi connectivity index (χ2v) is 5.87. The smallest absolute Gasteiger partial charge is 0.317 e. The highest BCUT2D eigenvalue weighted by atomic mass is 32.2. The molecule has 1 unspecified atom stereocenters. The van der Waals surface area contributed by atoms with Crippen LogP contribution in [0.25, 0.3) is 0 Å². The Kier molecular flexibility index (Phi) is 3.86. The van der Waals surface area contributed by atoms with E-state index >= 15 is 0 Å². The predicted octanol–water partition coefficient (Wildman–Crippen LogP) is 2.98. The summed E-state index contributed by atoms with van der Waals surface area (Å²) in [4.78, 5) is 12.0. The van der Waals surface area contributed by atoms with Gasteiger partial charge in [0.15, 0.2) is 0 Å². The number of rotatable bonds is 3. The molecule has 0 bridgehead atoms. The van der Waals surface area contributed by atoms with Gasteiger partial charge in [-0.3, -0.25) is 4.79 Å². The van der Waals surface area contributed by atoms with E-state index in [9.17, 15) is 4.79 Å². The minimum absolute atomic E-state index is 0.187. The van der Waals surface area contributed by atoms with Crippen molar-refractivity contribution < 1.29 is 15.0 Å². The normalized spacial score (nSPS) is 13.4. The van der Waals surface area contributed by atoms with E-state index in [2.05, 4.69) is 0 Å². The molecule has 1 rings (SSSR count). The third-order valence-electron chi connectivity index (χ3n) is 2.10. The molecule has 4 heteroatoms. The van der Waals surface area contributed by atoms with Crippen LogP contribution >= 0.6 is 11.8 Å². The molecule has 0 amide bonds. The lowest BCUT2D eigenvalue weighted by Crippen LogP contribution is -2.31. The van der Waals surface area contributed by atoms with Crippen molar-refractivity contribution in [1.82, 2.24) is 0 Å². The Hall–Kier alpha value is -1.16. The first-order chi connectivity index (χ1) is 7.30. The van der Waals surface area contributed by atoms with Crippen LogP contribution in [0.2, 0.25) is 0 Å². The average molecular weight is 240 g/mol. The summed E-state index contributed by atoms with van der Waals surface area (Å²) in [6.45, 7) is 5.71. The van der Waals surface area contributed by atoms with Crippen molar-refractivity contribution in [3.63, 3.8) is 0 Å². The van der Waals surface area contributed by atoms with Gasteiger partial charge >= 0.3 is 5.97 Å². The molecule has 3 nitrogen and oxygen atoms in total. The molecule has 1 aromatic carbocycles. The fourth-order valence-corrected chi connectivity index (χ4v) is 2.28. The zero-order chi connectivity index (χ0) is 12.3. The molecule has 0 heterocycles. The summed E-state index contributed by atoms with van der Waals surface area (Å²) in [5.41, 5.74) is -0.311. The molecule has 88 valence electrons. The maximum atomic E-state index is 11.1. The summed E-state index contributed by atoms with van der Waals surface area (Å²) in [6, 6.07) is 6.57. The van der Waals surface area contributed by atoms with E-state index < -0.39 is 11.2 Å². The van der Waals surface area contributed by atoms with Gasteiger partial charge in [0, 0.05) is 4.90 Å². The summed E-state index contributed by atoms with van der Waals surface area (Å²) in [5, 5.41) is 17.8. The standard InChI is InChI=1S/C12H16O3S/c1-12(2,3)10(11(14)15)16-9-6-4-8(13)5-7-9/h4-7,10,13H,1-3H3,(H,14,15). The highest BCUT2D eigenvalue weighted by molar-refractivity contribution is 8.00. The Morgan fingerprint density at radius 1 is 1.25 bits per heavy atom. The van der Waals surface area contributed by atoms with Crippen LogP contribution in [0.5, 0.6) is 5.75 Å².